The van der Waals surface area contributed by atoms with E-state index in [2.05, 4.69) is 20.4 Å². The van der Waals surface area contributed by atoms with Crippen LogP contribution in [-0.4, -0.2) is 53.3 Å². The summed E-state index contributed by atoms with van der Waals surface area (Å²) in [5.74, 6) is 0.585. The summed E-state index contributed by atoms with van der Waals surface area (Å²) in [4.78, 5) is 33.4. The highest BCUT2D eigenvalue weighted by atomic mass is 16.5. The minimum absolute atomic E-state index is 0.189. The number of carbonyl (C=O) groups is 2. The number of anilines is 1. The highest BCUT2D eigenvalue weighted by molar-refractivity contribution is 6.05. The Morgan fingerprint density at radius 3 is 2.64 bits per heavy atom. The number of amides is 2. The molecule has 3 aromatic rings. The molecule has 0 atom stereocenters. The van der Waals surface area contributed by atoms with E-state index in [-0.39, 0.29) is 11.6 Å². The molecular weight excluding hydrogens is 422 g/mol. The van der Waals surface area contributed by atoms with Gasteiger partial charge in [-0.1, -0.05) is 6.07 Å². The fourth-order valence-corrected chi connectivity index (χ4v) is 3.50. The number of hydrogen-bond acceptors (Lipinski definition) is 7. The van der Waals surface area contributed by atoms with Crippen molar-refractivity contribution in [3.05, 3.63) is 77.9 Å². The molecule has 0 spiro atoms. The predicted molar refractivity (Wildman–Crippen MR) is 123 cm³/mol. The van der Waals surface area contributed by atoms with Crippen molar-refractivity contribution in [2.24, 2.45) is 5.10 Å². The fourth-order valence-electron chi connectivity index (χ4n) is 3.50. The number of benzene rings is 2. The average molecular weight is 445 g/mol. The van der Waals surface area contributed by atoms with Crippen molar-refractivity contribution in [3.8, 4) is 11.5 Å². The lowest BCUT2D eigenvalue weighted by Crippen LogP contribution is -2.32. The van der Waals surface area contributed by atoms with Crippen molar-refractivity contribution < 1.29 is 19.1 Å². The Bertz CT molecular complexity index is 1200. The van der Waals surface area contributed by atoms with Crippen molar-refractivity contribution in [2.45, 2.75) is 12.8 Å². The summed E-state index contributed by atoms with van der Waals surface area (Å²) in [6, 6.07) is 12.3. The Kier molecular flexibility index (Phi) is 6.58. The number of carbonyl (C=O) groups excluding carboxylic acids is 2. The van der Waals surface area contributed by atoms with Crippen LogP contribution in [0, 0.1) is 0 Å². The van der Waals surface area contributed by atoms with Crippen molar-refractivity contribution in [2.75, 3.05) is 26.1 Å². The molecule has 33 heavy (non-hydrogen) atoms. The second-order valence-electron chi connectivity index (χ2n) is 7.27. The van der Waals surface area contributed by atoms with Gasteiger partial charge in [0.1, 0.15) is 5.69 Å². The predicted octanol–water partition coefficient (Wildman–Crippen LogP) is 3.39. The van der Waals surface area contributed by atoms with E-state index in [1.54, 1.807) is 38.5 Å². The molecule has 168 valence electrons. The van der Waals surface area contributed by atoms with Gasteiger partial charge in [-0.05, 0) is 49.2 Å². The first-order chi connectivity index (χ1) is 16.1. The van der Waals surface area contributed by atoms with Crippen molar-refractivity contribution in [3.63, 3.8) is 0 Å². The van der Waals surface area contributed by atoms with Crippen LogP contribution in [0.5, 0.6) is 11.5 Å². The molecule has 0 saturated heterocycles. The number of aromatic nitrogens is 2. The lowest BCUT2D eigenvalue weighted by Gasteiger charge is -2.24. The van der Waals surface area contributed by atoms with E-state index in [0.717, 1.165) is 24.1 Å². The van der Waals surface area contributed by atoms with Gasteiger partial charge >= 0.3 is 0 Å². The maximum Gasteiger partial charge on any atom is 0.275 e. The normalized spacial score (nSPS) is 13.2. The molecule has 0 aliphatic carbocycles. The maximum atomic E-state index is 13.1. The van der Waals surface area contributed by atoms with Gasteiger partial charge in [-0.3, -0.25) is 14.6 Å². The molecule has 4 rings (SSSR count). The number of hydrogen-bond donors (Lipinski definition) is 1. The van der Waals surface area contributed by atoms with Crippen LogP contribution in [0.3, 0.4) is 0 Å². The third-order valence-corrected chi connectivity index (χ3v) is 5.14. The largest absolute Gasteiger partial charge is 0.493 e. The van der Waals surface area contributed by atoms with Gasteiger partial charge in [0, 0.05) is 35.8 Å². The van der Waals surface area contributed by atoms with Crippen LogP contribution < -0.4 is 14.8 Å². The molecule has 0 bridgehead atoms. The Morgan fingerprint density at radius 2 is 1.88 bits per heavy atom. The first-order valence-corrected chi connectivity index (χ1v) is 10.4. The van der Waals surface area contributed by atoms with E-state index < -0.39 is 5.91 Å². The molecule has 2 aromatic carbocycles. The van der Waals surface area contributed by atoms with Gasteiger partial charge in [-0.2, -0.15) is 5.10 Å². The molecule has 0 radical (unpaired) electrons. The summed E-state index contributed by atoms with van der Waals surface area (Å²) in [6.45, 7) is 0.506. The van der Waals surface area contributed by atoms with Crippen molar-refractivity contribution in [1.29, 1.82) is 0 Å². The van der Waals surface area contributed by atoms with Crippen molar-refractivity contribution >= 4 is 23.2 Å². The third-order valence-electron chi connectivity index (χ3n) is 5.14. The van der Waals surface area contributed by atoms with E-state index >= 15 is 0 Å². The van der Waals surface area contributed by atoms with Crippen LogP contribution in [0.15, 0.2) is 66.2 Å². The minimum Gasteiger partial charge on any atom is -0.493 e. The average Bonchev–Trinajstić information content (AvgIpc) is 2.88. The molecule has 0 unspecified atom stereocenters. The number of rotatable bonds is 6. The zero-order valence-electron chi connectivity index (χ0n) is 18.3. The number of nitrogens with zero attached hydrogens (tertiary/aromatic N) is 4. The maximum absolute atomic E-state index is 13.1. The Morgan fingerprint density at radius 1 is 1.03 bits per heavy atom. The molecule has 9 nitrogen and oxygen atoms in total. The van der Waals surface area contributed by atoms with Gasteiger partial charge in [0.25, 0.3) is 11.8 Å². The highest BCUT2D eigenvalue weighted by Gasteiger charge is 2.22. The van der Waals surface area contributed by atoms with Crippen LogP contribution in [-0.2, 0) is 0 Å². The summed E-state index contributed by atoms with van der Waals surface area (Å²) < 4.78 is 10.7. The van der Waals surface area contributed by atoms with Crippen LogP contribution in [0.2, 0.25) is 0 Å². The standard InChI is InChI=1S/C24H23N5O4/c1-32-21-9-8-16(14-22(21)33-2)19-7-4-12-29(28-19)24(31)17-5-3-6-18(13-17)27-23(30)20-15-25-10-11-26-20/h3,5-6,8-11,13-15H,4,7,12H2,1-2H3,(H,27,30). The van der Waals surface area contributed by atoms with Crippen LogP contribution in [0.1, 0.15) is 39.3 Å². The van der Waals surface area contributed by atoms with Crippen molar-refractivity contribution in [1.82, 2.24) is 15.0 Å². The summed E-state index contributed by atoms with van der Waals surface area (Å²) in [6.07, 6.45) is 5.84. The molecule has 0 saturated carbocycles. The molecule has 1 aliphatic rings. The molecule has 1 aromatic heterocycles. The zero-order chi connectivity index (χ0) is 23.2. The molecule has 1 aliphatic heterocycles. The van der Waals surface area contributed by atoms with Crippen LogP contribution >= 0.6 is 0 Å². The van der Waals surface area contributed by atoms with Gasteiger partial charge in [0.15, 0.2) is 11.5 Å². The monoisotopic (exact) mass is 445 g/mol. The second-order valence-corrected chi connectivity index (χ2v) is 7.27. The van der Waals surface area contributed by atoms with E-state index in [1.165, 1.54) is 23.6 Å². The summed E-state index contributed by atoms with van der Waals surface area (Å²) >= 11 is 0. The number of methoxy groups -OCH3 is 2. The lowest BCUT2D eigenvalue weighted by molar-refractivity contribution is 0.0751. The fraction of sp³-hybridized carbons (Fsp3) is 0.208. The van der Waals surface area contributed by atoms with E-state index in [0.29, 0.717) is 29.3 Å². The molecular formula is C24H23N5O4. The van der Waals surface area contributed by atoms with E-state index in [4.69, 9.17) is 9.47 Å². The summed E-state index contributed by atoms with van der Waals surface area (Å²) in [5, 5.41) is 8.79. The van der Waals surface area contributed by atoms with E-state index in [1.807, 2.05) is 18.2 Å². The van der Waals surface area contributed by atoms with Gasteiger partial charge in [0.2, 0.25) is 0 Å². The third kappa shape index (κ3) is 4.98. The van der Waals surface area contributed by atoms with Gasteiger partial charge in [-0.15, -0.1) is 0 Å². The number of nitrogens with one attached hydrogen (secondary N) is 1. The van der Waals surface area contributed by atoms with Gasteiger partial charge < -0.3 is 14.8 Å². The smallest absolute Gasteiger partial charge is 0.275 e. The van der Waals surface area contributed by atoms with Crippen LogP contribution in [0.4, 0.5) is 5.69 Å². The molecule has 9 heteroatoms. The van der Waals surface area contributed by atoms with Gasteiger partial charge in [-0.25, -0.2) is 9.99 Å². The summed E-state index contributed by atoms with van der Waals surface area (Å²) in [7, 11) is 3.16. The molecule has 1 N–H and O–H groups in total. The highest BCUT2D eigenvalue weighted by Crippen LogP contribution is 2.29. The first kappa shape index (κ1) is 21.9. The minimum atomic E-state index is -0.403. The number of ether oxygens (including phenoxy) is 2. The zero-order valence-corrected chi connectivity index (χ0v) is 18.3. The molecule has 0 fully saturated rings. The van der Waals surface area contributed by atoms with E-state index in [9.17, 15) is 9.59 Å². The molecule has 2 amide bonds. The second kappa shape index (κ2) is 9.90. The quantitative estimate of drug-likeness (QED) is 0.623. The van der Waals surface area contributed by atoms with Gasteiger partial charge in [0.05, 0.1) is 26.1 Å². The number of hydrazone groups is 1. The lowest BCUT2D eigenvalue weighted by atomic mass is 10.0. The topological polar surface area (TPSA) is 106 Å². The van der Waals surface area contributed by atoms with Crippen LogP contribution in [0.25, 0.3) is 0 Å². The Labute approximate surface area is 191 Å². The first-order valence-electron chi connectivity index (χ1n) is 10.4. The molecule has 2 heterocycles. The SMILES string of the molecule is COc1ccc(C2=NN(C(=O)c3cccc(NC(=O)c4cnccn4)c3)CCC2)cc1OC. The summed E-state index contributed by atoms with van der Waals surface area (Å²) in [5.41, 5.74) is 2.76. The Hall–Kier alpha value is -4.27. The Balaban J connectivity index is 1.53.